The molecular weight excluding hydrogens is 473 g/mol. The van der Waals surface area contributed by atoms with E-state index in [0.717, 1.165) is 6.20 Å². The minimum Gasteiger partial charge on any atom is -0.497 e. The second kappa shape index (κ2) is 9.52. The maximum absolute atomic E-state index is 13.7. The van der Waals surface area contributed by atoms with Crippen molar-refractivity contribution in [2.24, 2.45) is 0 Å². The Morgan fingerprint density at radius 3 is 2.62 bits per heavy atom. The first-order chi connectivity index (χ1) is 16.2. The van der Waals surface area contributed by atoms with Gasteiger partial charge < -0.3 is 19.1 Å². The zero-order valence-electron chi connectivity index (χ0n) is 18.2. The SMILES string of the molecule is COc1ccc(CN2C(=O)CO[C@H](c3cccnc3C(F)(F)F)c3cc(Cl)ccc32)c(OC)c1. The monoisotopic (exact) mass is 492 g/mol. The van der Waals surface area contributed by atoms with Crippen molar-refractivity contribution in [3.63, 3.8) is 0 Å². The number of aromatic nitrogens is 1. The minimum absolute atomic E-state index is 0.0931. The number of hydrogen-bond acceptors (Lipinski definition) is 5. The van der Waals surface area contributed by atoms with Crippen molar-refractivity contribution < 1.29 is 32.2 Å². The first-order valence-corrected chi connectivity index (χ1v) is 10.5. The molecule has 1 aromatic heterocycles. The number of benzene rings is 2. The first kappa shape index (κ1) is 23.8. The van der Waals surface area contributed by atoms with Crippen LogP contribution in [0, 0.1) is 0 Å². The molecule has 0 saturated carbocycles. The molecule has 34 heavy (non-hydrogen) atoms. The number of carbonyl (C=O) groups is 1. The predicted molar refractivity (Wildman–Crippen MR) is 119 cm³/mol. The Hall–Kier alpha value is -3.30. The fourth-order valence-corrected chi connectivity index (χ4v) is 4.07. The summed E-state index contributed by atoms with van der Waals surface area (Å²) in [5.74, 6) is 0.645. The third-order valence-electron chi connectivity index (χ3n) is 5.45. The number of carbonyl (C=O) groups excluding carboxylic acids is 1. The molecule has 0 bridgehead atoms. The van der Waals surface area contributed by atoms with Crippen LogP contribution in [0.2, 0.25) is 5.02 Å². The summed E-state index contributed by atoms with van der Waals surface area (Å²) in [6, 6.07) is 12.5. The summed E-state index contributed by atoms with van der Waals surface area (Å²) in [6.45, 7) is -0.350. The van der Waals surface area contributed by atoms with Crippen LogP contribution in [0.15, 0.2) is 54.7 Å². The molecule has 2 aromatic carbocycles. The molecule has 1 amide bonds. The molecule has 0 unspecified atom stereocenters. The lowest BCUT2D eigenvalue weighted by Crippen LogP contribution is -2.32. The molecule has 1 aliphatic rings. The van der Waals surface area contributed by atoms with E-state index in [9.17, 15) is 18.0 Å². The Morgan fingerprint density at radius 2 is 1.91 bits per heavy atom. The van der Waals surface area contributed by atoms with Crippen LogP contribution >= 0.6 is 11.6 Å². The van der Waals surface area contributed by atoms with Crippen molar-refractivity contribution >= 4 is 23.2 Å². The summed E-state index contributed by atoms with van der Waals surface area (Å²) in [6.07, 6.45) is -4.84. The van der Waals surface area contributed by atoms with Crippen LogP contribution < -0.4 is 14.4 Å². The van der Waals surface area contributed by atoms with Crippen molar-refractivity contribution in [3.8, 4) is 11.5 Å². The summed E-state index contributed by atoms with van der Waals surface area (Å²) < 4.78 is 57.5. The molecule has 2 heterocycles. The van der Waals surface area contributed by atoms with E-state index in [2.05, 4.69) is 4.98 Å². The van der Waals surface area contributed by atoms with E-state index < -0.39 is 30.5 Å². The summed E-state index contributed by atoms with van der Waals surface area (Å²) >= 11 is 6.21. The Bertz CT molecular complexity index is 1220. The molecule has 0 saturated heterocycles. The molecule has 4 rings (SSSR count). The van der Waals surface area contributed by atoms with Gasteiger partial charge in [-0.15, -0.1) is 0 Å². The van der Waals surface area contributed by atoms with E-state index in [4.69, 9.17) is 25.8 Å². The lowest BCUT2D eigenvalue weighted by molar-refractivity contribution is -0.143. The number of ether oxygens (including phenoxy) is 3. The summed E-state index contributed by atoms with van der Waals surface area (Å²) in [4.78, 5) is 18.1. The Kier molecular flexibility index (Phi) is 6.67. The molecule has 6 nitrogen and oxygen atoms in total. The molecule has 1 atom stereocenters. The van der Waals surface area contributed by atoms with Gasteiger partial charge in [-0.1, -0.05) is 17.7 Å². The fraction of sp³-hybridized carbons (Fsp3) is 0.250. The maximum Gasteiger partial charge on any atom is 0.433 e. The van der Waals surface area contributed by atoms with Crippen molar-refractivity contribution in [1.82, 2.24) is 4.98 Å². The van der Waals surface area contributed by atoms with Crippen LogP contribution in [-0.2, 0) is 22.3 Å². The van der Waals surface area contributed by atoms with Crippen LogP contribution in [0.25, 0.3) is 0 Å². The normalized spacial score (nSPS) is 16.1. The van der Waals surface area contributed by atoms with Gasteiger partial charge in [0.1, 0.15) is 24.2 Å². The zero-order chi connectivity index (χ0) is 24.5. The Balaban J connectivity index is 1.82. The van der Waals surface area contributed by atoms with Gasteiger partial charge in [0.15, 0.2) is 5.69 Å². The number of anilines is 1. The van der Waals surface area contributed by atoms with Crippen molar-refractivity contribution in [3.05, 3.63) is 82.1 Å². The molecule has 0 radical (unpaired) electrons. The fourth-order valence-electron chi connectivity index (χ4n) is 3.89. The molecule has 0 N–H and O–H groups in total. The summed E-state index contributed by atoms with van der Waals surface area (Å²) in [5.41, 5.74) is 0.100. The average Bonchev–Trinajstić information content (AvgIpc) is 2.95. The number of alkyl halides is 3. The van der Waals surface area contributed by atoms with Gasteiger partial charge in [-0.25, -0.2) is 0 Å². The number of nitrogens with zero attached hydrogens (tertiary/aromatic N) is 2. The van der Waals surface area contributed by atoms with Crippen LogP contribution in [0.3, 0.4) is 0 Å². The zero-order valence-corrected chi connectivity index (χ0v) is 19.0. The Morgan fingerprint density at radius 1 is 1.12 bits per heavy atom. The highest BCUT2D eigenvalue weighted by Gasteiger charge is 2.40. The quantitative estimate of drug-likeness (QED) is 0.476. The molecule has 10 heteroatoms. The summed E-state index contributed by atoms with van der Waals surface area (Å²) in [5, 5.41) is 0.293. The van der Waals surface area contributed by atoms with Gasteiger partial charge in [-0.05, 0) is 36.4 Å². The van der Waals surface area contributed by atoms with E-state index in [-0.39, 0.29) is 12.1 Å². The van der Waals surface area contributed by atoms with E-state index in [1.165, 1.54) is 37.3 Å². The number of amides is 1. The number of halogens is 4. The molecule has 0 aliphatic carbocycles. The number of pyridine rings is 1. The molecule has 0 fully saturated rings. The Labute approximate surface area is 198 Å². The predicted octanol–water partition coefficient (Wildman–Crippen LogP) is 5.42. The second-order valence-corrected chi connectivity index (χ2v) is 7.93. The lowest BCUT2D eigenvalue weighted by Gasteiger charge is -2.25. The third-order valence-corrected chi connectivity index (χ3v) is 5.69. The molecule has 3 aromatic rings. The highest BCUT2D eigenvalue weighted by molar-refractivity contribution is 6.30. The standard InChI is InChI=1S/C24H20ClF3N2O4/c1-32-16-7-5-14(20(11-16)33-2)12-30-19-8-6-15(25)10-18(19)22(34-13-21(30)31)17-4-3-9-29-23(17)24(26,27)28/h3-11,22H,12-13H2,1-2H3/t22-/m1/s1. The van der Waals surface area contributed by atoms with Crippen LogP contribution in [0.4, 0.5) is 18.9 Å². The lowest BCUT2D eigenvalue weighted by atomic mass is 9.97. The first-order valence-electron chi connectivity index (χ1n) is 10.2. The molecule has 1 aliphatic heterocycles. The van der Waals surface area contributed by atoms with E-state index in [1.54, 1.807) is 30.3 Å². The van der Waals surface area contributed by atoms with E-state index in [1.807, 2.05) is 0 Å². The van der Waals surface area contributed by atoms with Crippen LogP contribution in [-0.4, -0.2) is 31.7 Å². The van der Waals surface area contributed by atoms with Gasteiger partial charge >= 0.3 is 6.18 Å². The number of fused-ring (bicyclic) bond motifs is 1. The van der Waals surface area contributed by atoms with Gasteiger partial charge in [-0.2, -0.15) is 13.2 Å². The van der Waals surface area contributed by atoms with Crippen molar-refractivity contribution in [1.29, 1.82) is 0 Å². The minimum atomic E-state index is -4.70. The molecule has 178 valence electrons. The number of rotatable bonds is 5. The third kappa shape index (κ3) is 4.67. The molecular formula is C24H20ClF3N2O4. The topological polar surface area (TPSA) is 60.9 Å². The smallest absolute Gasteiger partial charge is 0.433 e. The second-order valence-electron chi connectivity index (χ2n) is 7.49. The largest absolute Gasteiger partial charge is 0.497 e. The van der Waals surface area contributed by atoms with Gasteiger partial charge in [0.05, 0.1) is 26.5 Å². The van der Waals surface area contributed by atoms with Gasteiger partial charge in [0, 0.05) is 34.0 Å². The summed E-state index contributed by atoms with van der Waals surface area (Å²) in [7, 11) is 3.02. The average molecular weight is 493 g/mol. The number of methoxy groups -OCH3 is 2. The van der Waals surface area contributed by atoms with E-state index >= 15 is 0 Å². The van der Waals surface area contributed by atoms with E-state index in [0.29, 0.717) is 33.3 Å². The van der Waals surface area contributed by atoms with Gasteiger partial charge in [0.2, 0.25) is 0 Å². The molecule has 0 spiro atoms. The highest BCUT2D eigenvalue weighted by atomic mass is 35.5. The number of hydrogen-bond donors (Lipinski definition) is 0. The maximum atomic E-state index is 13.7. The van der Waals surface area contributed by atoms with Crippen LogP contribution in [0.1, 0.15) is 28.5 Å². The van der Waals surface area contributed by atoms with Crippen molar-refractivity contribution in [2.45, 2.75) is 18.8 Å². The van der Waals surface area contributed by atoms with Gasteiger partial charge in [0.25, 0.3) is 5.91 Å². The van der Waals surface area contributed by atoms with Crippen molar-refractivity contribution in [2.75, 3.05) is 25.7 Å². The highest BCUT2D eigenvalue weighted by Crippen LogP contribution is 2.42. The van der Waals surface area contributed by atoms with Crippen LogP contribution in [0.5, 0.6) is 11.5 Å². The van der Waals surface area contributed by atoms with Gasteiger partial charge in [-0.3, -0.25) is 9.78 Å².